The van der Waals surface area contributed by atoms with Crippen LogP contribution in [-0.4, -0.2) is 60.3 Å². The van der Waals surface area contributed by atoms with E-state index in [0.717, 1.165) is 11.3 Å². The lowest BCUT2D eigenvalue weighted by Crippen LogP contribution is -2.32. The molecule has 174 valence electrons. The zero-order valence-corrected chi connectivity index (χ0v) is 20.0. The monoisotopic (exact) mass is 517 g/mol. The number of ether oxygens (including phenoxy) is 3. The molecule has 1 fully saturated rings. The van der Waals surface area contributed by atoms with Gasteiger partial charge in [0, 0.05) is 25.6 Å². The summed E-state index contributed by atoms with van der Waals surface area (Å²) < 4.78 is 16.4. The molecule has 0 spiro atoms. The summed E-state index contributed by atoms with van der Waals surface area (Å²) in [6.07, 6.45) is 0.711. The van der Waals surface area contributed by atoms with Crippen LogP contribution in [0.1, 0.15) is 29.7 Å². The van der Waals surface area contributed by atoms with Crippen LogP contribution < -0.4 is 9.47 Å². The van der Waals surface area contributed by atoms with Gasteiger partial charge in [0.05, 0.1) is 29.8 Å². The Morgan fingerprint density at radius 1 is 1.24 bits per heavy atom. The Balaban J connectivity index is 1.88. The predicted octanol–water partition coefficient (Wildman–Crippen LogP) is 3.55. The van der Waals surface area contributed by atoms with Crippen molar-refractivity contribution in [1.82, 2.24) is 4.90 Å². The van der Waals surface area contributed by atoms with Gasteiger partial charge in [-0.25, -0.2) is 0 Å². The molecular weight excluding hydrogens is 494 g/mol. The second-order valence-electron chi connectivity index (χ2n) is 7.99. The highest BCUT2D eigenvalue weighted by Gasteiger charge is 2.46. The molecule has 0 bridgehead atoms. The van der Waals surface area contributed by atoms with Crippen molar-refractivity contribution in [2.24, 2.45) is 0 Å². The number of hydrogen-bond acceptors (Lipinski definition) is 7. The largest absolute Gasteiger partial charge is 0.507 e. The molecule has 2 heterocycles. The van der Waals surface area contributed by atoms with Gasteiger partial charge in [-0.3, -0.25) is 9.59 Å². The SMILES string of the molecule is COCCN1C(=O)C(=O)/C(=C(/O)c2ccc3c(c2)C[C@@H](C)O3)[C@H]1c1cc(Br)c(O)c(OC)c1. The fraction of sp³-hybridized carbons (Fsp3) is 0.333. The van der Waals surface area contributed by atoms with Crippen LogP contribution in [0.4, 0.5) is 0 Å². The number of aliphatic hydroxyl groups excluding tert-OH is 1. The maximum atomic E-state index is 13.1. The number of aromatic hydroxyl groups is 1. The van der Waals surface area contributed by atoms with Gasteiger partial charge in [0.1, 0.15) is 17.6 Å². The lowest BCUT2D eigenvalue weighted by atomic mass is 9.94. The highest BCUT2D eigenvalue weighted by molar-refractivity contribution is 9.10. The summed E-state index contributed by atoms with van der Waals surface area (Å²) in [6.45, 7) is 2.30. The van der Waals surface area contributed by atoms with Gasteiger partial charge in [0.15, 0.2) is 11.5 Å². The molecule has 2 aromatic carbocycles. The number of rotatable bonds is 6. The summed E-state index contributed by atoms with van der Waals surface area (Å²) in [5.74, 6) is -1.00. The van der Waals surface area contributed by atoms with Gasteiger partial charge < -0.3 is 29.3 Å². The Kier molecular flexibility index (Phi) is 6.36. The van der Waals surface area contributed by atoms with E-state index < -0.39 is 17.7 Å². The maximum absolute atomic E-state index is 13.1. The Labute approximate surface area is 199 Å². The third-order valence-corrected chi connectivity index (χ3v) is 6.44. The average molecular weight is 518 g/mol. The van der Waals surface area contributed by atoms with Crippen molar-refractivity contribution >= 4 is 33.4 Å². The number of phenolic OH excluding ortho intramolecular Hbond substituents is 1. The van der Waals surface area contributed by atoms with Crippen molar-refractivity contribution in [2.45, 2.75) is 25.5 Å². The van der Waals surface area contributed by atoms with Crippen molar-refractivity contribution in [2.75, 3.05) is 27.4 Å². The molecule has 2 aliphatic rings. The molecule has 4 rings (SSSR count). The zero-order valence-electron chi connectivity index (χ0n) is 18.4. The molecule has 1 amide bonds. The fourth-order valence-corrected chi connectivity index (χ4v) is 4.74. The molecule has 2 aromatic rings. The molecule has 1 saturated heterocycles. The van der Waals surface area contributed by atoms with Crippen molar-refractivity contribution in [3.8, 4) is 17.2 Å². The van der Waals surface area contributed by atoms with E-state index in [4.69, 9.17) is 14.2 Å². The van der Waals surface area contributed by atoms with Gasteiger partial charge in [0.25, 0.3) is 11.7 Å². The standard InChI is InChI=1S/C24H24BrNO7/c1-12-8-14-9-13(4-5-17(14)33-12)21(27)19-20(26(6-7-31-2)24(30)23(19)29)15-10-16(25)22(28)18(11-15)32-3/h4-5,9-12,20,27-28H,6-8H2,1-3H3/b21-19+/t12-,20-/m1/s1. The Bertz CT molecular complexity index is 1160. The van der Waals surface area contributed by atoms with Crippen LogP contribution in [0.2, 0.25) is 0 Å². The Hall–Kier alpha value is -3.04. The van der Waals surface area contributed by atoms with Crippen LogP contribution in [-0.2, 0) is 20.7 Å². The van der Waals surface area contributed by atoms with Crippen LogP contribution >= 0.6 is 15.9 Å². The van der Waals surface area contributed by atoms with Gasteiger partial charge >= 0.3 is 0 Å². The number of halogens is 1. The highest BCUT2D eigenvalue weighted by Crippen LogP contribution is 2.44. The first kappa shape index (κ1) is 23.1. The predicted molar refractivity (Wildman–Crippen MR) is 123 cm³/mol. The van der Waals surface area contributed by atoms with Gasteiger partial charge in [-0.1, -0.05) is 0 Å². The van der Waals surface area contributed by atoms with E-state index in [9.17, 15) is 19.8 Å². The molecule has 0 saturated carbocycles. The molecular formula is C24H24BrNO7. The number of carbonyl (C=O) groups is 2. The lowest BCUT2D eigenvalue weighted by Gasteiger charge is -2.25. The number of amides is 1. The quantitative estimate of drug-likeness (QED) is 0.342. The van der Waals surface area contributed by atoms with Crippen LogP contribution in [0.15, 0.2) is 40.4 Å². The molecule has 0 radical (unpaired) electrons. The lowest BCUT2D eigenvalue weighted by molar-refractivity contribution is -0.140. The van der Waals surface area contributed by atoms with Crippen molar-refractivity contribution in [1.29, 1.82) is 0 Å². The number of Topliss-reactive ketones (excluding diaryl/α,β-unsaturated/α-hetero) is 1. The molecule has 2 aliphatic heterocycles. The normalized spacial score (nSPS) is 21.3. The first-order chi connectivity index (χ1) is 15.8. The average Bonchev–Trinajstić information content (AvgIpc) is 3.29. The molecule has 2 N–H and O–H groups in total. The first-order valence-corrected chi connectivity index (χ1v) is 11.2. The van der Waals surface area contributed by atoms with Crippen molar-refractivity contribution in [3.05, 3.63) is 57.1 Å². The minimum Gasteiger partial charge on any atom is -0.507 e. The summed E-state index contributed by atoms with van der Waals surface area (Å²) in [4.78, 5) is 27.4. The molecule has 33 heavy (non-hydrogen) atoms. The number of carbonyl (C=O) groups excluding carboxylic acids is 2. The zero-order chi connectivity index (χ0) is 23.9. The third-order valence-electron chi connectivity index (χ3n) is 5.83. The van der Waals surface area contributed by atoms with Crippen LogP contribution in [0.25, 0.3) is 5.76 Å². The number of fused-ring (bicyclic) bond motifs is 1. The van der Waals surface area contributed by atoms with Gasteiger partial charge in [-0.15, -0.1) is 0 Å². The molecule has 0 unspecified atom stereocenters. The minimum atomic E-state index is -0.894. The number of nitrogens with zero attached hydrogens (tertiary/aromatic N) is 1. The number of likely N-dealkylation sites (tertiary alicyclic amines) is 1. The second-order valence-corrected chi connectivity index (χ2v) is 8.85. The molecule has 0 aliphatic carbocycles. The second kappa shape index (κ2) is 9.07. The van der Waals surface area contributed by atoms with E-state index in [2.05, 4.69) is 15.9 Å². The van der Waals surface area contributed by atoms with Crippen LogP contribution in [0.5, 0.6) is 17.2 Å². The van der Waals surface area contributed by atoms with E-state index in [1.807, 2.05) is 6.92 Å². The number of aliphatic hydroxyl groups is 1. The smallest absolute Gasteiger partial charge is 0.295 e. The molecule has 8 nitrogen and oxygen atoms in total. The van der Waals surface area contributed by atoms with E-state index in [1.54, 1.807) is 30.3 Å². The molecule has 9 heteroatoms. The maximum Gasteiger partial charge on any atom is 0.295 e. The van der Waals surface area contributed by atoms with Crippen molar-refractivity contribution < 1.29 is 34.0 Å². The summed E-state index contributed by atoms with van der Waals surface area (Å²) >= 11 is 3.29. The fourth-order valence-electron chi connectivity index (χ4n) is 4.28. The number of phenols is 1. The minimum absolute atomic E-state index is 0.0267. The summed E-state index contributed by atoms with van der Waals surface area (Å²) in [7, 11) is 2.90. The van der Waals surface area contributed by atoms with Gasteiger partial charge in [0.2, 0.25) is 0 Å². The van der Waals surface area contributed by atoms with E-state index in [1.165, 1.54) is 19.1 Å². The number of hydrogen-bond donors (Lipinski definition) is 2. The number of ketones is 1. The molecule has 2 atom stereocenters. The van der Waals surface area contributed by atoms with Gasteiger partial charge in [-0.2, -0.15) is 0 Å². The molecule has 0 aromatic heterocycles. The first-order valence-electron chi connectivity index (χ1n) is 10.4. The summed E-state index contributed by atoms with van der Waals surface area (Å²) in [6, 6.07) is 7.45. The van der Waals surface area contributed by atoms with E-state index >= 15 is 0 Å². The van der Waals surface area contributed by atoms with E-state index in [0.29, 0.717) is 22.0 Å². The Morgan fingerprint density at radius 2 is 2.00 bits per heavy atom. The van der Waals surface area contributed by atoms with Crippen LogP contribution in [0, 0.1) is 0 Å². The van der Waals surface area contributed by atoms with Crippen molar-refractivity contribution in [3.63, 3.8) is 0 Å². The summed E-state index contributed by atoms with van der Waals surface area (Å²) in [5.41, 5.74) is 1.80. The number of benzene rings is 2. The topological polar surface area (TPSA) is 106 Å². The van der Waals surface area contributed by atoms with Gasteiger partial charge in [-0.05, 0) is 64.3 Å². The van der Waals surface area contributed by atoms with E-state index in [-0.39, 0.29) is 42.1 Å². The number of methoxy groups -OCH3 is 2. The summed E-state index contributed by atoms with van der Waals surface area (Å²) in [5, 5.41) is 21.5. The highest BCUT2D eigenvalue weighted by atomic mass is 79.9. The van der Waals surface area contributed by atoms with Crippen LogP contribution in [0.3, 0.4) is 0 Å². The Morgan fingerprint density at radius 3 is 2.70 bits per heavy atom. The third kappa shape index (κ3) is 4.06.